The van der Waals surface area contributed by atoms with Crippen LogP contribution in [-0.2, 0) is 6.18 Å². The summed E-state index contributed by atoms with van der Waals surface area (Å²) in [5.74, 6) is -0.0447. The fourth-order valence-electron chi connectivity index (χ4n) is 1.61. The van der Waals surface area contributed by atoms with E-state index in [1.807, 2.05) is 0 Å². The Morgan fingerprint density at radius 2 is 1.95 bits per heavy atom. The van der Waals surface area contributed by atoms with Crippen molar-refractivity contribution in [1.29, 1.82) is 0 Å². The minimum absolute atomic E-state index is 0.0447. The minimum atomic E-state index is -4.65. The van der Waals surface area contributed by atoms with Crippen molar-refractivity contribution in [2.75, 3.05) is 0 Å². The summed E-state index contributed by atoms with van der Waals surface area (Å²) in [5, 5.41) is 14.8. The molecule has 0 spiro atoms. The Kier molecular flexibility index (Phi) is 2.56. The van der Waals surface area contributed by atoms with E-state index in [0.717, 1.165) is 0 Å². The fourth-order valence-corrected chi connectivity index (χ4v) is 1.61. The number of pyridine rings is 1. The Bertz CT molecular complexity index is 769. The van der Waals surface area contributed by atoms with Crippen LogP contribution in [0.1, 0.15) is 5.69 Å². The van der Waals surface area contributed by atoms with Gasteiger partial charge in [0.15, 0.2) is 17.2 Å². The van der Waals surface area contributed by atoms with E-state index < -0.39 is 17.9 Å². The molecule has 0 amide bonds. The van der Waals surface area contributed by atoms with Crippen LogP contribution >= 0.6 is 0 Å². The Hall–Kier alpha value is -2.71. The van der Waals surface area contributed by atoms with Crippen LogP contribution in [0.4, 0.5) is 13.2 Å². The van der Waals surface area contributed by atoms with Gasteiger partial charge < -0.3 is 5.11 Å². The second kappa shape index (κ2) is 4.15. The predicted octanol–water partition coefficient (Wildman–Crippen LogP) is 1.28. The highest BCUT2D eigenvalue weighted by molar-refractivity contribution is 5.54. The van der Waals surface area contributed by atoms with Crippen LogP contribution in [0.15, 0.2) is 30.5 Å². The van der Waals surface area contributed by atoms with Crippen molar-refractivity contribution in [1.82, 2.24) is 24.6 Å². The number of hydrogen-bond acceptors (Lipinski definition) is 5. The van der Waals surface area contributed by atoms with Crippen LogP contribution in [0.5, 0.6) is 6.01 Å². The molecule has 0 aliphatic carbocycles. The van der Waals surface area contributed by atoms with Crippen molar-refractivity contribution < 1.29 is 18.3 Å². The van der Waals surface area contributed by atoms with E-state index in [4.69, 9.17) is 0 Å². The van der Waals surface area contributed by atoms with E-state index in [9.17, 15) is 18.3 Å². The summed E-state index contributed by atoms with van der Waals surface area (Å²) in [5.41, 5.74) is -1.12. The molecular formula is C11H5F3N5O-. The SMILES string of the molecule is [O-]c1nc(-c2ccccn2)nc2cc(C(F)(F)F)nn12. The quantitative estimate of drug-likeness (QED) is 0.671. The van der Waals surface area contributed by atoms with E-state index >= 15 is 0 Å². The number of hydrogen-bond donors (Lipinski definition) is 0. The van der Waals surface area contributed by atoms with Gasteiger partial charge in [-0.1, -0.05) is 6.07 Å². The first kappa shape index (κ1) is 12.3. The zero-order chi connectivity index (χ0) is 14.3. The molecule has 0 saturated heterocycles. The third-order valence-corrected chi connectivity index (χ3v) is 2.48. The number of aromatic nitrogens is 5. The van der Waals surface area contributed by atoms with E-state index in [1.54, 1.807) is 18.2 Å². The third kappa shape index (κ3) is 2.02. The summed E-state index contributed by atoms with van der Waals surface area (Å²) < 4.78 is 38.1. The Labute approximate surface area is 109 Å². The van der Waals surface area contributed by atoms with Crippen LogP contribution in [0, 0.1) is 0 Å². The number of halogens is 3. The molecule has 3 aromatic rings. The first-order valence-corrected chi connectivity index (χ1v) is 5.38. The maximum Gasteiger partial charge on any atom is 0.435 e. The molecule has 0 fully saturated rings. The minimum Gasteiger partial charge on any atom is -0.844 e. The van der Waals surface area contributed by atoms with E-state index in [-0.39, 0.29) is 11.5 Å². The lowest BCUT2D eigenvalue weighted by Crippen LogP contribution is -2.09. The molecule has 3 rings (SSSR count). The van der Waals surface area contributed by atoms with E-state index in [0.29, 0.717) is 16.3 Å². The fraction of sp³-hybridized carbons (Fsp3) is 0.0909. The van der Waals surface area contributed by atoms with Crippen LogP contribution in [0.2, 0.25) is 0 Å². The summed E-state index contributed by atoms with van der Waals surface area (Å²) in [6.07, 6.45) is -3.18. The van der Waals surface area contributed by atoms with Gasteiger partial charge in [-0.2, -0.15) is 18.3 Å². The Morgan fingerprint density at radius 3 is 2.60 bits per heavy atom. The molecule has 0 radical (unpaired) electrons. The van der Waals surface area contributed by atoms with Crippen molar-refractivity contribution in [2.45, 2.75) is 6.18 Å². The standard InChI is InChI=1S/C11H6F3N5O/c12-11(13,14)7-5-8-16-9(6-3-1-2-4-15-6)17-10(20)19(8)18-7/h1-5H,(H,16,17,20)/p-1. The molecule has 20 heavy (non-hydrogen) atoms. The molecule has 0 saturated carbocycles. The van der Waals surface area contributed by atoms with Gasteiger partial charge in [-0.05, 0) is 12.1 Å². The van der Waals surface area contributed by atoms with Gasteiger partial charge in [0.25, 0.3) is 0 Å². The first-order valence-electron chi connectivity index (χ1n) is 5.38. The zero-order valence-electron chi connectivity index (χ0n) is 9.66. The van der Waals surface area contributed by atoms with Crippen molar-refractivity contribution in [3.8, 4) is 17.5 Å². The first-order chi connectivity index (χ1) is 9.45. The summed E-state index contributed by atoms with van der Waals surface area (Å²) >= 11 is 0. The summed E-state index contributed by atoms with van der Waals surface area (Å²) in [7, 11) is 0. The van der Waals surface area contributed by atoms with Crippen molar-refractivity contribution in [3.63, 3.8) is 0 Å². The average Bonchev–Trinajstić information content (AvgIpc) is 2.84. The molecule has 3 aromatic heterocycles. The van der Waals surface area contributed by atoms with Crippen LogP contribution < -0.4 is 5.11 Å². The second-order valence-corrected chi connectivity index (χ2v) is 3.84. The third-order valence-electron chi connectivity index (χ3n) is 2.48. The molecule has 0 N–H and O–H groups in total. The number of fused-ring (bicyclic) bond motifs is 1. The van der Waals surface area contributed by atoms with Crippen molar-refractivity contribution in [3.05, 3.63) is 36.2 Å². The smallest absolute Gasteiger partial charge is 0.435 e. The lowest BCUT2D eigenvalue weighted by atomic mass is 10.3. The van der Waals surface area contributed by atoms with Crippen LogP contribution in [-0.4, -0.2) is 24.6 Å². The molecular weight excluding hydrogens is 275 g/mol. The monoisotopic (exact) mass is 280 g/mol. The van der Waals surface area contributed by atoms with Gasteiger partial charge in [0.05, 0.1) is 6.01 Å². The van der Waals surface area contributed by atoms with Crippen molar-refractivity contribution >= 4 is 5.65 Å². The average molecular weight is 280 g/mol. The van der Waals surface area contributed by atoms with Crippen LogP contribution in [0.25, 0.3) is 17.2 Å². The van der Waals surface area contributed by atoms with Crippen LogP contribution in [0.3, 0.4) is 0 Å². The van der Waals surface area contributed by atoms with Gasteiger partial charge in [-0.15, -0.1) is 0 Å². The normalized spacial score (nSPS) is 11.9. The molecule has 0 bridgehead atoms. The number of nitrogens with zero attached hydrogens (tertiary/aromatic N) is 5. The molecule has 3 heterocycles. The summed E-state index contributed by atoms with van der Waals surface area (Å²) in [6.45, 7) is 0. The molecule has 0 aliphatic rings. The lowest BCUT2D eigenvalue weighted by Gasteiger charge is -2.08. The zero-order valence-corrected chi connectivity index (χ0v) is 9.66. The van der Waals surface area contributed by atoms with E-state index in [1.165, 1.54) is 6.20 Å². The lowest BCUT2D eigenvalue weighted by molar-refractivity contribution is -0.284. The molecule has 0 aliphatic heterocycles. The van der Waals surface area contributed by atoms with Gasteiger partial charge in [0, 0.05) is 12.3 Å². The summed E-state index contributed by atoms with van der Waals surface area (Å²) in [6, 6.07) is 4.60. The van der Waals surface area contributed by atoms with Gasteiger partial charge in [0.1, 0.15) is 5.69 Å². The second-order valence-electron chi connectivity index (χ2n) is 3.84. The van der Waals surface area contributed by atoms with Gasteiger partial charge >= 0.3 is 6.18 Å². The Balaban J connectivity index is 2.19. The topological polar surface area (TPSA) is 79.0 Å². The highest BCUT2D eigenvalue weighted by Gasteiger charge is 2.34. The maximum atomic E-state index is 12.5. The Morgan fingerprint density at radius 1 is 1.15 bits per heavy atom. The highest BCUT2D eigenvalue weighted by Crippen LogP contribution is 2.29. The molecule has 9 heteroatoms. The van der Waals surface area contributed by atoms with Gasteiger partial charge in [0.2, 0.25) is 0 Å². The largest absolute Gasteiger partial charge is 0.844 e. The van der Waals surface area contributed by atoms with Gasteiger partial charge in [-0.25, -0.2) is 14.5 Å². The number of alkyl halides is 3. The molecule has 0 atom stereocenters. The summed E-state index contributed by atoms with van der Waals surface area (Å²) in [4.78, 5) is 11.4. The highest BCUT2D eigenvalue weighted by atomic mass is 19.4. The molecule has 102 valence electrons. The van der Waals surface area contributed by atoms with E-state index in [2.05, 4.69) is 20.1 Å². The molecule has 0 unspecified atom stereocenters. The molecule has 0 aromatic carbocycles. The number of rotatable bonds is 1. The maximum absolute atomic E-state index is 12.5. The molecule has 6 nitrogen and oxygen atoms in total. The predicted molar refractivity (Wildman–Crippen MR) is 58.5 cm³/mol. The van der Waals surface area contributed by atoms with Gasteiger partial charge in [-0.3, -0.25) is 4.98 Å². The van der Waals surface area contributed by atoms with Crippen molar-refractivity contribution in [2.24, 2.45) is 0 Å².